The Balaban J connectivity index is 2.17. The summed E-state index contributed by atoms with van der Waals surface area (Å²) in [6, 6.07) is 1.89. The molecule has 0 aliphatic rings. The molecule has 0 saturated carbocycles. The van der Waals surface area contributed by atoms with E-state index >= 15 is 0 Å². The van der Waals surface area contributed by atoms with Crippen LogP contribution in [0.3, 0.4) is 0 Å². The summed E-state index contributed by atoms with van der Waals surface area (Å²) in [6.07, 6.45) is 3.72. The van der Waals surface area contributed by atoms with Crippen LogP contribution in [0.15, 0.2) is 12.3 Å². The van der Waals surface area contributed by atoms with Gasteiger partial charge in [-0.3, -0.25) is 9.48 Å². The molecule has 0 radical (unpaired) electrons. The van der Waals surface area contributed by atoms with Crippen molar-refractivity contribution < 1.29 is 4.79 Å². The second-order valence-electron chi connectivity index (χ2n) is 4.97. The molecule has 2 aromatic heterocycles. The summed E-state index contributed by atoms with van der Waals surface area (Å²) in [5, 5.41) is 11.4. The molecule has 20 heavy (non-hydrogen) atoms. The van der Waals surface area contributed by atoms with Gasteiger partial charge in [-0.2, -0.15) is 10.2 Å². The Bertz CT molecular complexity index is 611. The molecule has 0 aromatic carbocycles. The third kappa shape index (κ3) is 2.89. The molecule has 1 amide bonds. The number of aromatic nitrogens is 4. The maximum atomic E-state index is 12.3. The van der Waals surface area contributed by atoms with Crippen molar-refractivity contribution in [2.24, 2.45) is 7.05 Å². The van der Waals surface area contributed by atoms with Gasteiger partial charge < -0.3 is 5.32 Å². The summed E-state index contributed by atoms with van der Waals surface area (Å²) in [5.74, 6) is 0.595. The van der Waals surface area contributed by atoms with Gasteiger partial charge >= 0.3 is 0 Å². The Labute approximate surface area is 118 Å². The Hall–Kier alpha value is -2.11. The van der Waals surface area contributed by atoms with Crippen molar-refractivity contribution in [1.29, 1.82) is 0 Å². The number of rotatable bonds is 5. The molecule has 0 unspecified atom stereocenters. The first-order valence-electron chi connectivity index (χ1n) is 6.87. The third-order valence-electron chi connectivity index (χ3n) is 3.35. The standard InChI is InChI=1S/C14H21N5O/c1-5-6-7-19-13(8-10(2)17-19)16-14(20)12-9-15-18(4)11(12)3/h8-9H,5-7H2,1-4H3,(H,16,20). The third-order valence-corrected chi connectivity index (χ3v) is 3.35. The number of anilines is 1. The molecular formula is C14H21N5O. The topological polar surface area (TPSA) is 64.7 Å². The van der Waals surface area contributed by atoms with Gasteiger partial charge in [-0.15, -0.1) is 0 Å². The summed E-state index contributed by atoms with van der Waals surface area (Å²) in [6.45, 7) is 6.74. The van der Waals surface area contributed by atoms with Gasteiger partial charge in [0.15, 0.2) is 0 Å². The van der Waals surface area contributed by atoms with Crippen LogP contribution >= 0.6 is 0 Å². The molecule has 0 aliphatic carbocycles. The molecule has 0 atom stereocenters. The van der Waals surface area contributed by atoms with Crippen molar-refractivity contribution in [3.63, 3.8) is 0 Å². The maximum absolute atomic E-state index is 12.3. The van der Waals surface area contributed by atoms with Gasteiger partial charge in [0.2, 0.25) is 0 Å². The van der Waals surface area contributed by atoms with Crippen LogP contribution in [0.25, 0.3) is 0 Å². The zero-order chi connectivity index (χ0) is 14.7. The van der Waals surface area contributed by atoms with Gasteiger partial charge in [0.25, 0.3) is 5.91 Å². The van der Waals surface area contributed by atoms with E-state index in [9.17, 15) is 4.79 Å². The van der Waals surface area contributed by atoms with E-state index in [-0.39, 0.29) is 5.91 Å². The van der Waals surface area contributed by atoms with Gasteiger partial charge in [-0.1, -0.05) is 13.3 Å². The van der Waals surface area contributed by atoms with Crippen LogP contribution in [0.1, 0.15) is 41.5 Å². The number of hydrogen-bond acceptors (Lipinski definition) is 3. The lowest BCUT2D eigenvalue weighted by molar-refractivity contribution is 0.102. The zero-order valence-corrected chi connectivity index (χ0v) is 12.5. The monoisotopic (exact) mass is 275 g/mol. The Morgan fingerprint density at radius 3 is 2.75 bits per heavy atom. The number of nitrogens with zero attached hydrogens (tertiary/aromatic N) is 4. The molecule has 2 rings (SSSR count). The van der Waals surface area contributed by atoms with Crippen LogP contribution in [0.2, 0.25) is 0 Å². The van der Waals surface area contributed by atoms with Crippen LogP contribution in [0.5, 0.6) is 0 Å². The first-order valence-corrected chi connectivity index (χ1v) is 6.87. The number of carbonyl (C=O) groups is 1. The molecular weight excluding hydrogens is 254 g/mol. The van der Waals surface area contributed by atoms with Crippen molar-refractivity contribution in [2.75, 3.05) is 5.32 Å². The highest BCUT2D eigenvalue weighted by molar-refractivity contribution is 6.04. The fourth-order valence-corrected chi connectivity index (χ4v) is 2.03. The maximum Gasteiger partial charge on any atom is 0.260 e. The molecule has 2 heterocycles. The number of nitrogens with one attached hydrogen (secondary N) is 1. The number of carbonyl (C=O) groups excluding carboxylic acids is 1. The smallest absolute Gasteiger partial charge is 0.260 e. The lowest BCUT2D eigenvalue weighted by Crippen LogP contribution is -2.16. The highest BCUT2D eigenvalue weighted by Gasteiger charge is 2.15. The second kappa shape index (κ2) is 5.90. The number of aryl methyl sites for hydroxylation is 3. The van der Waals surface area contributed by atoms with Crippen molar-refractivity contribution in [2.45, 2.75) is 40.2 Å². The average molecular weight is 275 g/mol. The first kappa shape index (κ1) is 14.3. The van der Waals surface area contributed by atoms with Gasteiger partial charge in [0.1, 0.15) is 5.82 Å². The number of amides is 1. The lowest BCUT2D eigenvalue weighted by Gasteiger charge is -2.08. The molecule has 1 N–H and O–H groups in total. The van der Waals surface area contributed by atoms with E-state index < -0.39 is 0 Å². The zero-order valence-electron chi connectivity index (χ0n) is 12.5. The Morgan fingerprint density at radius 2 is 2.15 bits per heavy atom. The molecule has 6 nitrogen and oxygen atoms in total. The fraction of sp³-hybridized carbons (Fsp3) is 0.500. The van der Waals surface area contributed by atoms with Crippen LogP contribution < -0.4 is 5.32 Å². The minimum absolute atomic E-state index is 0.145. The van der Waals surface area contributed by atoms with Crippen molar-refractivity contribution in [3.05, 3.63) is 29.2 Å². The SMILES string of the molecule is CCCCn1nc(C)cc1NC(=O)c1cnn(C)c1C. The number of unbranched alkanes of at least 4 members (excludes halogenated alkanes) is 1. The molecule has 0 saturated heterocycles. The van der Waals surface area contributed by atoms with E-state index in [4.69, 9.17) is 0 Å². The largest absolute Gasteiger partial charge is 0.307 e. The molecule has 0 aliphatic heterocycles. The van der Waals surface area contributed by atoms with Crippen LogP contribution in [0.4, 0.5) is 5.82 Å². The molecule has 108 valence electrons. The van der Waals surface area contributed by atoms with Crippen molar-refractivity contribution in [1.82, 2.24) is 19.6 Å². The molecule has 0 spiro atoms. The fourth-order valence-electron chi connectivity index (χ4n) is 2.03. The van der Waals surface area contributed by atoms with Gasteiger partial charge in [0, 0.05) is 25.4 Å². The molecule has 6 heteroatoms. The summed E-state index contributed by atoms with van der Waals surface area (Å²) in [4.78, 5) is 12.3. The quantitative estimate of drug-likeness (QED) is 0.910. The first-order chi connectivity index (χ1) is 9.52. The van der Waals surface area contributed by atoms with Gasteiger partial charge in [-0.05, 0) is 20.3 Å². The number of hydrogen-bond donors (Lipinski definition) is 1. The summed E-state index contributed by atoms with van der Waals surface area (Å²) in [7, 11) is 1.82. The van der Waals surface area contributed by atoms with E-state index in [1.54, 1.807) is 10.9 Å². The minimum Gasteiger partial charge on any atom is -0.307 e. The van der Waals surface area contributed by atoms with E-state index in [2.05, 4.69) is 22.4 Å². The Morgan fingerprint density at radius 1 is 1.40 bits per heavy atom. The molecule has 2 aromatic rings. The lowest BCUT2D eigenvalue weighted by atomic mass is 10.2. The normalized spacial score (nSPS) is 10.8. The van der Waals surface area contributed by atoms with Crippen LogP contribution in [-0.4, -0.2) is 25.5 Å². The van der Waals surface area contributed by atoms with Gasteiger partial charge in [0.05, 0.1) is 17.5 Å². The van der Waals surface area contributed by atoms with Crippen LogP contribution in [0, 0.1) is 13.8 Å². The van der Waals surface area contributed by atoms with E-state index in [0.29, 0.717) is 5.56 Å². The Kier molecular flexibility index (Phi) is 4.22. The summed E-state index contributed by atoms with van der Waals surface area (Å²) in [5.41, 5.74) is 2.34. The second-order valence-corrected chi connectivity index (χ2v) is 4.97. The predicted molar refractivity (Wildman–Crippen MR) is 77.8 cm³/mol. The van der Waals surface area contributed by atoms with Crippen molar-refractivity contribution in [3.8, 4) is 0 Å². The van der Waals surface area contributed by atoms with E-state index in [1.165, 1.54) is 0 Å². The molecule has 0 fully saturated rings. The highest BCUT2D eigenvalue weighted by atomic mass is 16.1. The summed E-state index contributed by atoms with van der Waals surface area (Å²) < 4.78 is 3.54. The van der Waals surface area contributed by atoms with Crippen LogP contribution in [-0.2, 0) is 13.6 Å². The predicted octanol–water partition coefficient (Wildman–Crippen LogP) is 2.29. The molecule has 0 bridgehead atoms. The van der Waals surface area contributed by atoms with E-state index in [0.717, 1.165) is 36.6 Å². The minimum atomic E-state index is -0.145. The highest BCUT2D eigenvalue weighted by Crippen LogP contribution is 2.14. The van der Waals surface area contributed by atoms with Gasteiger partial charge in [-0.25, -0.2) is 4.68 Å². The van der Waals surface area contributed by atoms with E-state index in [1.807, 2.05) is 31.6 Å². The summed E-state index contributed by atoms with van der Waals surface area (Å²) >= 11 is 0. The average Bonchev–Trinajstić information content (AvgIpc) is 2.91. The van der Waals surface area contributed by atoms with Crippen molar-refractivity contribution >= 4 is 11.7 Å².